The summed E-state index contributed by atoms with van der Waals surface area (Å²) in [6.07, 6.45) is 7.33. The number of aliphatic hydroxyl groups is 1. The number of halogens is 1. The number of anilines is 1. The minimum absolute atomic E-state index is 0.0422. The molecule has 1 aliphatic heterocycles. The lowest BCUT2D eigenvalue weighted by Crippen LogP contribution is -2.69. The number of nitrogens with one attached hydrogen (secondary N) is 2. The number of pyridine rings is 1. The van der Waals surface area contributed by atoms with Gasteiger partial charge in [0.25, 0.3) is 11.8 Å². The Morgan fingerprint density at radius 2 is 1.72 bits per heavy atom. The van der Waals surface area contributed by atoms with Crippen molar-refractivity contribution in [3.63, 3.8) is 0 Å². The molecule has 0 spiro atoms. The van der Waals surface area contributed by atoms with Crippen molar-refractivity contribution in [2.75, 3.05) is 18.1 Å². The summed E-state index contributed by atoms with van der Waals surface area (Å²) in [5.41, 5.74) is -0.0624. The summed E-state index contributed by atoms with van der Waals surface area (Å²) < 4.78 is 13.7. The normalized spacial score (nSPS) is 32.5. The van der Waals surface area contributed by atoms with E-state index in [1.165, 1.54) is 12.1 Å². The molecule has 7 nitrogen and oxygen atoms in total. The lowest BCUT2D eigenvalue weighted by Gasteiger charge is -2.62. The van der Waals surface area contributed by atoms with Gasteiger partial charge in [-0.15, -0.1) is 0 Å². The summed E-state index contributed by atoms with van der Waals surface area (Å²) in [4.78, 5) is 33.3. The second kappa shape index (κ2) is 8.83. The molecule has 2 heterocycles. The predicted octanol–water partition coefficient (Wildman–Crippen LogP) is 3.43. The number of benzene rings is 1. The Balaban J connectivity index is 1.21. The molecule has 2 aromatic rings. The molecule has 3 atom stereocenters. The van der Waals surface area contributed by atoms with Crippen LogP contribution in [0.5, 0.6) is 0 Å². The van der Waals surface area contributed by atoms with Crippen LogP contribution in [0.4, 0.5) is 10.2 Å². The number of aromatic nitrogens is 1. The number of carbonyl (C=O) groups excluding carboxylic acids is 2. The van der Waals surface area contributed by atoms with Gasteiger partial charge in [-0.3, -0.25) is 9.59 Å². The molecular weight excluding hydrogens is 459 g/mol. The minimum Gasteiger partial charge on any atom is -0.394 e. The maximum absolute atomic E-state index is 13.7. The summed E-state index contributed by atoms with van der Waals surface area (Å²) in [5.74, 6) is 0.734. The van der Waals surface area contributed by atoms with Crippen LogP contribution in [0.15, 0.2) is 42.5 Å². The van der Waals surface area contributed by atoms with E-state index in [4.69, 9.17) is 0 Å². The van der Waals surface area contributed by atoms with Crippen molar-refractivity contribution < 1.29 is 19.1 Å². The van der Waals surface area contributed by atoms with Crippen LogP contribution < -0.4 is 15.5 Å². The van der Waals surface area contributed by atoms with Crippen molar-refractivity contribution in [1.29, 1.82) is 0 Å². The smallest absolute Gasteiger partial charge is 0.270 e. The third-order valence-electron chi connectivity index (χ3n) is 8.75. The molecule has 4 saturated carbocycles. The van der Waals surface area contributed by atoms with E-state index in [1.54, 1.807) is 18.2 Å². The summed E-state index contributed by atoms with van der Waals surface area (Å²) in [5, 5.41) is 16.3. The van der Waals surface area contributed by atoms with Gasteiger partial charge in [0.05, 0.1) is 12.6 Å². The maximum atomic E-state index is 13.7. The summed E-state index contributed by atoms with van der Waals surface area (Å²) in [6, 6.07) is 11.3. The minimum atomic E-state index is -0.425. The van der Waals surface area contributed by atoms with Crippen LogP contribution >= 0.6 is 0 Å². The zero-order valence-electron chi connectivity index (χ0n) is 20.4. The van der Waals surface area contributed by atoms with Crippen molar-refractivity contribution in [1.82, 2.24) is 15.6 Å². The molecule has 2 unspecified atom stereocenters. The van der Waals surface area contributed by atoms with E-state index < -0.39 is 5.82 Å². The monoisotopic (exact) mass is 492 g/mol. The average Bonchev–Trinajstić information content (AvgIpc) is 3.32. The van der Waals surface area contributed by atoms with E-state index in [2.05, 4.69) is 20.5 Å². The quantitative estimate of drug-likeness (QED) is 0.574. The van der Waals surface area contributed by atoms with E-state index in [1.807, 2.05) is 12.1 Å². The molecule has 1 aromatic carbocycles. The first kappa shape index (κ1) is 23.4. The van der Waals surface area contributed by atoms with E-state index >= 15 is 0 Å². The lowest BCUT2D eigenvalue weighted by molar-refractivity contribution is -0.0448. The van der Waals surface area contributed by atoms with E-state index in [9.17, 15) is 19.1 Å². The highest BCUT2D eigenvalue weighted by atomic mass is 19.1. The van der Waals surface area contributed by atoms with Crippen LogP contribution in [0.3, 0.4) is 0 Å². The first-order valence-corrected chi connectivity index (χ1v) is 13.1. The van der Waals surface area contributed by atoms with Gasteiger partial charge in [0.1, 0.15) is 17.3 Å². The highest BCUT2D eigenvalue weighted by molar-refractivity contribution is 5.95. The Labute approximate surface area is 210 Å². The van der Waals surface area contributed by atoms with E-state index in [0.717, 1.165) is 57.3 Å². The summed E-state index contributed by atoms with van der Waals surface area (Å²) >= 11 is 0. The molecule has 36 heavy (non-hydrogen) atoms. The molecule has 5 aliphatic rings. The molecule has 1 aromatic heterocycles. The second-order valence-corrected chi connectivity index (χ2v) is 11.5. The van der Waals surface area contributed by atoms with Crippen molar-refractivity contribution in [2.24, 2.45) is 11.8 Å². The average molecular weight is 493 g/mol. The van der Waals surface area contributed by atoms with Gasteiger partial charge in [0.15, 0.2) is 0 Å². The van der Waals surface area contributed by atoms with Gasteiger partial charge in [-0.1, -0.05) is 12.1 Å². The van der Waals surface area contributed by atoms with Crippen molar-refractivity contribution in [3.05, 3.63) is 59.5 Å². The van der Waals surface area contributed by atoms with Gasteiger partial charge in [-0.25, -0.2) is 9.37 Å². The fraction of sp³-hybridized carbons (Fsp3) is 0.536. The number of carbonyl (C=O) groups is 2. The highest BCUT2D eigenvalue weighted by Crippen LogP contribution is 2.57. The van der Waals surface area contributed by atoms with Gasteiger partial charge in [0.2, 0.25) is 0 Å². The molecule has 8 heteroatoms. The topological polar surface area (TPSA) is 94.6 Å². The Morgan fingerprint density at radius 3 is 2.42 bits per heavy atom. The van der Waals surface area contributed by atoms with Crippen molar-refractivity contribution in [3.8, 4) is 0 Å². The summed E-state index contributed by atoms with van der Waals surface area (Å²) in [6.45, 7) is 0.900. The lowest BCUT2D eigenvalue weighted by atomic mass is 9.49. The molecule has 0 radical (unpaired) electrons. The predicted molar refractivity (Wildman–Crippen MR) is 133 cm³/mol. The Hall–Kier alpha value is -3.00. The molecular formula is C28H33FN4O3. The second-order valence-electron chi connectivity index (χ2n) is 11.5. The molecule has 2 amide bonds. The molecule has 7 rings (SSSR count). The number of nitrogens with zero attached hydrogens (tertiary/aromatic N) is 2. The third-order valence-corrected chi connectivity index (χ3v) is 8.75. The summed E-state index contributed by atoms with van der Waals surface area (Å²) in [7, 11) is 0. The van der Waals surface area contributed by atoms with Crippen molar-refractivity contribution in [2.45, 2.75) is 68.5 Å². The van der Waals surface area contributed by atoms with Crippen LogP contribution in [0.2, 0.25) is 0 Å². The first-order valence-electron chi connectivity index (χ1n) is 13.1. The van der Waals surface area contributed by atoms with Crippen LogP contribution in [0.1, 0.15) is 72.2 Å². The number of aliphatic hydroxyl groups excluding tert-OH is 1. The maximum Gasteiger partial charge on any atom is 0.270 e. The van der Waals surface area contributed by atoms with Crippen molar-refractivity contribution >= 4 is 17.6 Å². The van der Waals surface area contributed by atoms with Gasteiger partial charge in [0, 0.05) is 23.2 Å². The van der Waals surface area contributed by atoms with Crippen LogP contribution in [0, 0.1) is 17.7 Å². The van der Waals surface area contributed by atoms with Crippen LogP contribution in [-0.2, 0) is 0 Å². The zero-order chi connectivity index (χ0) is 24.9. The van der Waals surface area contributed by atoms with E-state index in [0.29, 0.717) is 29.5 Å². The Kier molecular flexibility index (Phi) is 5.74. The van der Waals surface area contributed by atoms with Crippen LogP contribution in [-0.4, -0.2) is 52.2 Å². The number of rotatable bonds is 6. The number of amides is 2. The van der Waals surface area contributed by atoms with Gasteiger partial charge < -0.3 is 20.6 Å². The van der Waals surface area contributed by atoms with Gasteiger partial charge >= 0.3 is 0 Å². The zero-order valence-corrected chi connectivity index (χ0v) is 20.4. The first-order chi connectivity index (χ1) is 17.4. The standard InChI is InChI=1S/C28H33FN4O3/c29-21-5-1-4-20(11-21)25(35)31-27-12-18-10-19(13-27)15-28(14-18,17-27)32-26(36)23-7-2-8-24(30-23)33-9-3-6-22(33)16-34/h1-2,4-5,7-8,11,18-19,22,34H,3,6,9-10,12-17H2,(H,31,35)(H,32,36)/t18?,19?,22-,27?,28?/m0/s1. The SMILES string of the molecule is O=C(NC12CC3CC(C1)CC(NC(=O)c1cccc(N4CCC[C@H]4CO)n1)(C3)C2)c1cccc(F)c1. The Bertz CT molecular complexity index is 1170. The fourth-order valence-corrected chi connectivity index (χ4v) is 7.84. The molecule has 3 N–H and O–H groups in total. The number of hydrogen-bond acceptors (Lipinski definition) is 5. The van der Waals surface area contributed by atoms with Gasteiger partial charge in [-0.05, 0) is 93.5 Å². The van der Waals surface area contributed by atoms with E-state index in [-0.39, 0.29) is 35.5 Å². The van der Waals surface area contributed by atoms with Gasteiger partial charge in [-0.2, -0.15) is 0 Å². The Morgan fingerprint density at radius 1 is 1.03 bits per heavy atom. The molecule has 5 fully saturated rings. The molecule has 190 valence electrons. The third kappa shape index (κ3) is 4.25. The molecule has 4 bridgehead atoms. The van der Waals surface area contributed by atoms with Crippen LogP contribution in [0.25, 0.3) is 0 Å². The fourth-order valence-electron chi connectivity index (χ4n) is 7.84. The molecule has 1 saturated heterocycles. The highest BCUT2D eigenvalue weighted by Gasteiger charge is 2.58. The molecule has 4 aliphatic carbocycles. The number of hydrogen-bond donors (Lipinski definition) is 3. The largest absolute Gasteiger partial charge is 0.394 e.